The highest BCUT2D eigenvalue weighted by Crippen LogP contribution is 2.37. The molecule has 1 N–H and O–H groups in total. The molecule has 0 saturated heterocycles. The molecule has 3 aromatic carbocycles. The van der Waals surface area contributed by atoms with E-state index in [9.17, 15) is 5.11 Å². The number of hydrogen-bond acceptors (Lipinski definition) is 1. The predicted octanol–water partition coefficient (Wildman–Crippen LogP) is 6.31. The Labute approximate surface area is 144 Å². The molecule has 21 heavy (non-hydrogen) atoms. The molecule has 0 unspecified atom stereocenters. The van der Waals surface area contributed by atoms with E-state index in [4.69, 9.17) is 11.6 Å². The standard InChI is InChI=1S/C17H11Br2ClO/c18-13-3-6-15-11(9-13)8-12(17(21)16(15)19)7-10-1-4-14(20)5-2-10/h1-6,8-9,21H,7H2. The Morgan fingerprint density at radius 1 is 0.952 bits per heavy atom. The Hall–Kier alpha value is -1.03. The minimum absolute atomic E-state index is 0.291. The predicted molar refractivity (Wildman–Crippen MR) is 95.3 cm³/mol. The third-order valence-electron chi connectivity index (χ3n) is 3.40. The van der Waals surface area contributed by atoms with Gasteiger partial charge in [-0.1, -0.05) is 45.7 Å². The Kier molecular flexibility index (Phi) is 4.25. The van der Waals surface area contributed by atoms with Gasteiger partial charge in [0.15, 0.2) is 0 Å². The van der Waals surface area contributed by atoms with Crippen molar-refractivity contribution in [1.82, 2.24) is 0 Å². The maximum Gasteiger partial charge on any atom is 0.133 e. The van der Waals surface area contributed by atoms with Gasteiger partial charge in [0.1, 0.15) is 5.75 Å². The van der Waals surface area contributed by atoms with Gasteiger partial charge in [-0.3, -0.25) is 0 Å². The molecule has 0 aliphatic rings. The Morgan fingerprint density at radius 2 is 1.67 bits per heavy atom. The summed E-state index contributed by atoms with van der Waals surface area (Å²) in [4.78, 5) is 0. The van der Waals surface area contributed by atoms with E-state index in [0.29, 0.717) is 17.2 Å². The molecule has 0 saturated carbocycles. The topological polar surface area (TPSA) is 20.2 Å². The summed E-state index contributed by atoms with van der Waals surface area (Å²) in [5, 5.41) is 13.2. The van der Waals surface area contributed by atoms with Crippen LogP contribution in [0.3, 0.4) is 0 Å². The van der Waals surface area contributed by atoms with Crippen LogP contribution in [0, 0.1) is 0 Å². The lowest BCUT2D eigenvalue weighted by Gasteiger charge is -2.11. The molecule has 0 spiro atoms. The van der Waals surface area contributed by atoms with Crippen molar-refractivity contribution in [2.75, 3.05) is 0 Å². The minimum Gasteiger partial charge on any atom is -0.506 e. The zero-order chi connectivity index (χ0) is 15.0. The van der Waals surface area contributed by atoms with Crippen LogP contribution in [0.25, 0.3) is 10.8 Å². The lowest BCUT2D eigenvalue weighted by molar-refractivity contribution is 0.467. The maximum absolute atomic E-state index is 10.4. The van der Waals surface area contributed by atoms with Crippen LogP contribution in [0.2, 0.25) is 5.02 Å². The molecule has 3 aromatic rings. The largest absolute Gasteiger partial charge is 0.506 e. The van der Waals surface area contributed by atoms with Gasteiger partial charge in [0.2, 0.25) is 0 Å². The third kappa shape index (κ3) is 3.10. The fourth-order valence-electron chi connectivity index (χ4n) is 2.33. The minimum atomic E-state index is 0.291. The first-order valence-electron chi connectivity index (χ1n) is 6.38. The van der Waals surface area contributed by atoms with Crippen molar-refractivity contribution >= 4 is 54.2 Å². The second kappa shape index (κ2) is 5.99. The number of hydrogen-bond donors (Lipinski definition) is 1. The van der Waals surface area contributed by atoms with Crippen LogP contribution in [-0.2, 0) is 6.42 Å². The van der Waals surface area contributed by atoms with Gasteiger partial charge in [-0.2, -0.15) is 0 Å². The number of aromatic hydroxyl groups is 1. The Bertz CT molecular complexity index is 813. The lowest BCUT2D eigenvalue weighted by Crippen LogP contribution is -1.91. The smallest absolute Gasteiger partial charge is 0.133 e. The highest BCUT2D eigenvalue weighted by atomic mass is 79.9. The average molecular weight is 427 g/mol. The van der Waals surface area contributed by atoms with Crippen LogP contribution in [0.15, 0.2) is 57.5 Å². The lowest BCUT2D eigenvalue weighted by atomic mass is 10.00. The van der Waals surface area contributed by atoms with Crippen LogP contribution in [-0.4, -0.2) is 5.11 Å². The van der Waals surface area contributed by atoms with Crippen LogP contribution in [0.4, 0.5) is 0 Å². The zero-order valence-electron chi connectivity index (χ0n) is 10.9. The van der Waals surface area contributed by atoms with E-state index in [2.05, 4.69) is 31.9 Å². The number of benzene rings is 3. The second-order valence-corrected chi connectivity index (χ2v) is 7.01. The number of halogens is 3. The molecule has 0 atom stereocenters. The van der Waals surface area contributed by atoms with Gasteiger partial charge in [0.05, 0.1) is 4.47 Å². The van der Waals surface area contributed by atoms with E-state index in [0.717, 1.165) is 30.8 Å². The number of phenolic OH excluding ortho intramolecular Hbond substituents is 1. The first kappa shape index (κ1) is 14.9. The van der Waals surface area contributed by atoms with Gasteiger partial charge in [0, 0.05) is 21.5 Å². The van der Waals surface area contributed by atoms with Crippen molar-refractivity contribution < 1.29 is 5.11 Å². The molecule has 106 valence electrons. The molecule has 0 aliphatic heterocycles. The highest BCUT2D eigenvalue weighted by Gasteiger charge is 2.11. The van der Waals surface area contributed by atoms with Crippen molar-refractivity contribution in [3.8, 4) is 5.75 Å². The van der Waals surface area contributed by atoms with Crippen molar-refractivity contribution in [2.45, 2.75) is 6.42 Å². The van der Waals surface area contributed by atoms with E-state index in [1.807, 2.05) is 48.5 Å². The van der Waals surface area contributed by atoms with Gasteiger partial charge >= 0.3 is 0 Å². The van der Waals surface area contributed by atoms with E-state index in [-0.39, 0.29) is 0 Å². The molecule has 0 fully saturated rings. The van der Waals surface area contributed by atoms with Gasteiger partial charge in [0.25, 0.3) is 0 Å². The molecule has 0 bridgehead atoms. The Balaban J connectivity index is 2.09. The summed E-state index contributed by atoms with van der Waals surface area (Å²) < 4.78 is 1.75. The SMILES string of the molecule is Oc1c(Cc2ccc(Cl)cc2)cc2cc(Br)ccc2c1Br. The van der Waals surface area contributed by atoms with Gasteiger partial charge < -0.3 is 5.11 Å². The monoisotopic (exact) mass is 424 g/mol. The van der Waals surface area contributed by atoms with Crippen LogP contribution in [0.5, 0.6) is 5.75 Å². The van der Waals surface area contributed by atoms with Crippen molar-refractivity contribution in [1.29, 1.82) is 0 Å². The molecular formula is C17H11Br2ClO. The summed E-state index contributed by atoms with van der Waals surface area (Å²) >= 11 is 12.9. The fourth-order valence-corrected chi connectivity index (χ4v) is 3.45. The normalized spacial score (nSPS) is 11.0. The maximum atomic E-state index is 10.4. The fraction of sp³-hybridized carbons (Fsp3) is 0.0588. The first-order valence-corrected chi connectivity index (χ1v) is 8.35. The van der Waals surface area contributed by atoms with Gasteiger partial charge in [-0.25, -0.2) is 0 Å². The molecule has 4 heteroatoms. The molecule has 0 aliphatic carbocycles. The van der Waals surface area contributed by atoms with Crippen LogP contribution in [0.1, 0.15) is 11.1 Å². The average Bonchev–Trinajstić information content (AvgIpc) is 2.46. The molecule has 3 rings (SSSR count). The van der Waals surface area contributed by atoms with Crippen molar-refractivity contribution in [2.24, 2.45) is 0 Å². The van der Waals surface area contributed by atoms with Crippen LogP contribution < -0.4 is 0 Å². The molecular weight excluding hydrogens is 415 g/mol. The summed E-state index contributed by atoms with van der Waals surface area (Å²) in [6.45, 7) is 0. The number of fused-ring (bicyclic) bond motifs is 1. The quantitative estimate of drug-likeness (QED) is 0.509. The van der Waals surface area contributed by atoms with Crippen molar-refractivity contribution in [3.63, 3.8) is 0 Å². The van der Waals surface area contributed by atoms with Crippen molar-refractivity contribution in [3.05, 3.63) is 73.6 Å². The zero-order valence-corrected chi connectivity index (χ0v) is 14.8. The summed E-state index contributed by atoms with van der Waals surface area (Å²) in [6, 6.07) is 15.7. The number of phenols is 1. The number of rotatable bonds is 2. The molecule has 1 nitrogen and oxygen atoms in total. The molecule has 0 aromatic heterocycles. The summed E-state index contributed by atoms with van der Waals surface area (Å²) in [5.41, 5.74) is 1.99. The highest BCUT2D eigenvalue weighted by molar-refractivity contribution is 9.11. The Morgan fingerprint density at radius 3 is 2.38 bits per heavy atom. The molecule has 0 radical (unpaired) electrons. The van der Waals surface area contributed by atoms with E-state index in [1.165, 1.54) is 0 Å². The molecule has 0 heterocycles. The summed E-state index contributed by atoms with van der Waals surface area (Å²) in [6.07, 6.45) is 0.657. The van der Waals surface area contributed by atoms with Gasteiger partial charge in [-0.15, -0.1) is 0 Å². The van der Waals surface area contributed by atoms with E-state index in [1.54, 1.807) is 0 Å². The van der Waals surface area contributed by atoms with Crippen LogP contribution >= 0.6 is 43.5 Å². The first-order chi connectivity index (χ1) is 10.0. The third-order valence-corrected chi connectivity index (χ3v) is 4.95. The molecule has 0 amide bonds. The van der Waals surface area contributed by atoms with E-state index < -0.39 is 0 Å². The summed E-state index contributed by atoms with van der Waals surface area (Å²) in [7, 11) is 0. The van der Waals surface area contributed by atoms with Gasteiger partial charge in [-0.05, 0) is 62.6 Å². The van der Waals surface area contributed by atoms with E-state index >= 15 is 0 Å². The summed E-state index contributed by atoms with van der Waals surface area (Å²) in [5.74, 6) is 0.291. The second-order valence-electron chi connectivity index (χ2n) is 4.87.